The van der Waals surface area contributed by atoms with Gasteiger partial charge in [0.15, 0.2) is 11.6 Å². The van der Waals surface area contributed by atoms with Crippen LogP contribution in [0, 0.1) is 5.82 Å². The number of aromatic hydroxyl groups is 1. The van der Waals surface area contributed by atoms with Crippen molar-refractivity contribution in [2.24, 2.45) is 0 Å². The summed E-state index contributed by atoms with van der Waals surface area (Å²) in [5.74, 6) is -0.753. The highest BCUT2D eigenvalue weighted by Crippen LogP contribution is 2.31. The van der Waals surface area contributed by atoms with E-state index in [0.717, 1.165) is 0 Å². The van der Waals surface area contributed by atoms with Gasteiger partial charge >= 0.3 is 0 Å². The van der Waals surface area contributed by atoms with E-state index in [1.807, 2.05) is 0 Å². The molecule has 0 radical (unpaired) electrons. The van der Waals surface area contributed by atoms with Crippen molar-refractivity contribution in [2.75, 3.05) is 0 Å². The number of para-hydroxylation sites is 2. The van der Waals surface area contributed by atoms with Crippen LogP contribution in [0.1, 0.15) is 31.8 Å². The lowest BCUT2D eigenvalue weighted by atomic mass is 10.0. The number of hydrogen-bond acceptors (Lipinski definition) is 4. The number of benzene rings is 4. The minimum absolute atomic E-state index is 0.0183. The molecule has 0 fully saturated rings. The van der Waals surface area contributed by atoms with Crippen LogP contribution in [0.5, 0.6) is 17.2 Å². The van der Waals surface area contributed by atoms with Crippen LogP contribution in [-0.4, -0.2) is 16.7 Å². The fourth-order valence-electron chi connectivity index (χ4n) is 3.19. The predicted molar refractivity (Wildman–Crippen MR) is 114 cm³/mol. The molecule has 0 aliphatic heterocycles. The van der Waals surface area contributed by atoms with Gasteiger partial charge in [-0.25, -0.2) is 4.39 Å². The van der Waals surface area contributed by atoms with Gasteiger partial charge < -0.3 is 9.84 Å². The van der Waals surface area contributed by atoms with Crippen LogP contribution in [0.2, 0.25) is 0 Å². The van der Waals surface area contributed by atoms with Gasteiger partial charge in [0.1, 0.15) is 23.1 Å². The summed E-state index contributed by atoms with van der Waals surface area (Å²) in [6.07, 6.45) is 0. The number of ether oxygens (including phenoxy) is 1. The van der Waals surface area contributed by atoms with Gasteiger partial charge in [-0.15, -0.1) is 0 Å². The number of rotatable bonds is 6. The molecule has 5 heteroatoms. The van der Waals surface area contributed by atoms with Crippen LogP contribution >= 0.6 is 0 Å². The number of phenols is 1. The van der Waals surface area contributed by atoms with Crippen LogP contribution < -0.4 is 4.74 Å². The molecule has 0 aromatic heterocycles. The third kappa shape index (κ3) is 4.36. The highest BCUT2D eigenvalue weighted by atomic mass is 19.1. The molecule has 0 amide bonds. The average Bonchev–Trinajstić information content (AvgIpc) is 2.79. The van der Waals surface area contributed by atoms with Gasteiger partial charge in [0, 0.05) is 11.1 Å². The molecular formula is C26H17FO4. The fraction of sp³-hybridized carbons (Fsp3) is 0. The lowest BCUT2D eigenvalue weighted by Crippen LogP contribution is -2.06. The fourth-order valence-corrected chi connectivity index (χ4v) is 3.19. The Balaban J connectivity index is 1.70. The second-order valence-electron chi connectivity index (χ2n) is 6.81. The molecule has 1 N–H and O–H groups in total. The number of hydrogen-bond donors (Lipinski definition) is 1. The zero-order valence-electron chi connectivity index (χ0n) is 16.3. The van der Waals surface area contributed by atoms with E-state index in [1.54, 1.807) is 60.7 Å². The second kappa shape index (κ2) is 8.63. The van der Waals surface area contributed by atoms with Crippen molar-refractivity contribution in [2.45, 2.75) is 0 Å². The summed E-state index contributed by atoms with van der Waals surface area (Å²) in [6.45, 7) is 0. The first-order chi connectivity index (χ1) is 15.0. The topological polar surface area (TPSA) is 63.6 Å². The number of halogens is 1. The molecule has 0 aliphatic rings. The Morgan fingerprint density at radius 2 is 1.16 bits per heavy atom. The van der Waals surface area contributed by atoms with E-state index in [4.69, 9.17) is 4.74 Å². The smallest absolute Gasteiger partial charge is 0.196 e. The maximum atomic E-state index is 13.6. The summed E-state index contributed by atoms with van der Waals surface area (Å²) >= 11 is 0. The number of phenolic OH excluding ortho intramolecular Hbond substituents is 1. The molecule has 0 saturated heterocycles. The van der Waals surface area contributed by atoms with Gasteiger partial charge in [-0.1, -0.05) is 48.5 Å². The van der Waals surface area contributed by atoms with E-state index in [1.165, 1.54) is 36.4 Å². The predicted octanol–water partition coefficient (Wildman–Crippen LogP) is 5.79. The van der Waals surface area contributed by atoms with E-state index >= 15 is 0 Å². The Morgan fingerprint density at radius 1 is 0.645 bits per heavy atom. The molecule has 0 aliphatic carbocycles. The highest BCUT2D eigenvalue weighted by molar-refractivity contribution is 6.12. The normalized spacial score (nSPS) is 10.5. The molecule has 0 unspecified atom stereocenters. The Morgan fingerprint density at radius 3 is 1.71 bits per heavy atom. The van der Waals surface area contributed by atoms with Crippen molar-refractivity contribution in [1.29, 1.82) is 0 Å². The first-order valence-corrected chi connectivity index (χ1v) is 9.53. The average molecular weight is 412 g/mol. The summed E-state index contributed by atoms with van der Waals surface area (Å²) < 4.78 is 19.6. The summed E-state index contributed by atoms with van der Waals surface area (Å²) in [4.78, 5) is 25.9. The lowest BCUT2D eigenvalue weighted by molar-refractivity contribution is 0.103. The van der Waals surface area contributed by atoms with Crippen LogP contribution in [0.3, 0.4) is 0 Å². The van der Waals surface area contributed by atoms with E-state index < -0.39 is 11.6 Å². The summed E-state index contributed by atoms with van der Waals surface area (Å²) in [7, 11) is 0. The maximum Gasteiger partial charge on any atom is 0.196 e. The molecule has 4 rings (SSSR count). The van der Waals surface area contributed by atoms with Gasteiger partial charge in [-0.05, 0) is 48.5 Å². The van der Waals surface area contributed by atoms with Gasteiger partial charge in [-0.2, -0.15) is 0 Å². The van der Waals surface area contributed by atoms with Gasteiger partial charge in [-0.3, -0.25) is 9.59 Å². The number of carbonyl (C=O) groups is 2. The first kappa shape index (κ1) is 20.0. The first-order valence-electron chi connectivity index (χ1n) is 9.53. The summed E-state index contributed by atoms with van der Waals surface area (Å²) in [5.41, 5.74) is 1.02. The molecule has 0 spiro atoms. The van der Waals surface area contributed by atoms with Crippen molar-refractivity contribution in [3.63, 3.8) is 0 Å². The van der Waals surface area contributed by atoms with Crippen molar-refractivity contribution < 1.29 is 23.8 Å². The monoisotopic (exact) mass is 412 g/mol. The molecule has 4 aromatic rings. The molecule has 4 nitrogen and oxygen atoms in total. The SMILES string of the molecule is O=C(c1cccc(O)c1)c1ccccc1Oc1ccccc1C(=O)c1cccc(F)c1. The Hall–Kier alpha value is -4.25. The molecule has 152 valence electrons. The molecule has 4 aromatic carbocycles. The van der Waals surface area contributed by atoms with Crippen molar-refractivity contribution in [3.8, 4) is 17.2 Å². The van der Waals surface area contributed by atoms with Gasteiger partial charge in [0.25, 0.3) is 0 Å². The Bertz CT molecular complexity index is 1180. The van der Waals surface area contributed by atoms with Crippen LogP contribution in [0.4, 0.5) is 4.39 Å². The Kier molecular flexibility index (Phi) is 5.58. The summed E-state index contributed by atoms with van der Waals surface area (Å²) in [6, 6.07) is 24.7. The van der Waals surface area contributed by atoms with Crippen molar-refractivity contribution >= 4 is 11.6 Å². The Labute approximate surface area is 178 Å². The van der Waals surface area contributed by atoms with E-state index in [-0.39, 0.29) is 39.7 Å². The van der Waals surface area contributed by atoms with Gasteiger partial charge in [0.05, 0.1) is 11.1 Å². The third-order valence-corrected chi connectivity index (χ3v) is 4.68. The third-order valence-electron chi connectivity index (χ3n) is 4.68. The molecular weight excluding hydrogens is 395 g/mol. The van der Waals surface area contributed by atoms with Crippen LogP contribution in [0.25, 0.3) is 0 Å². The lowest BCUT2D eigenvalue weighted by Gasteiger charge is -2.13. The molecule has 31 heavy (non-hydrogen) atoms. The maximum absolute atomic E-state index is 13.6. The second-order valence-corrected chi connectivity index (χ2v) is 6.81. The van der Waals surface area contributed by atoms with Crippen LogP contribution in [-0.2, 0) is 0 Å². The van der Waals surface area contributed by atoms with Crippen molar-refractivity contribution in [3.05, 3.63) is 125 Å². The van der Waals surface area contributed by atoms with E-state index in [0.29, 0.717) is 5.56 Å². The molecule has 0 heterocycles. The zero-order chi connectivity index (χ0) is 21.8. The van der Waals surface area contributed by atoms with Crippen molar-refractivity contribution in [1.82, 2.24) is 0 Å². The minimum Gasteiger partial charge on any atom is -0.508 e. The molecule has 0 saturated carbocycles. The zero-order valence-corrected chi connectivity index (χ0v) is 16.3. The highest BCUT2D eigenvalue weighted by Gasteiger charge is 2.19. The summed E-state index contributed by atoms with van der Waals surface area (Å²) in [5, 5.41) is 9.69. The number of ketones is 2. The minimum atomic E-state index is -0.508. The quantitative estimate of drug-likeness (QED) is 0.408. The van der Waals surface area contributed by atoms with E-state index in [2.05, 4.69) is 0 Å². The standard InChI is InChI=1S/C26H17FO4/c27-19-9-5-7-17(15-19)25(29)21-11-1-3-13-23(21)31-24-14-4-2-12-22(24)26(30)18-8-6-10-20(28)16-18/h1-16,28H. The van der Waals surface area contributed by atoms with Crippen LogP contribution in [0.15, 0.2) is 97.1 Å². The molecule has 0 bridgehead atoms. The largest absolute Gasteiger partial charge is 0.508 e. The van der Waals surface area contributed by atoms with E-state index in [9.17, 15) is 19.1 Å². The number of carbonyl (C=O) groups excluding carboxylic acids is 2. The molecule has 0 atom stereocenters. The van der Waals surface area contributed by atoms with Gasteiger partial charge in [0.2, 0.25) is 0 Å².